The molecule has 4 nitrogen and oxygen atoms in total. The number of nitrogens with one attached hydrogen (secondary N) is 1. The Bertz CT molecular complexity index is 366. The van der Waals surface area contributed by atoms with Crippen LogP contribution in [0.2, 0.25) is 0 Å². The predicted molar refractivity (Wildman–Crippen MR) is 74.6 cm³/mol. The molecular formula is C14H26N4. The van der Waals surface area contributed by atoms with E-state index < -0.39 is 0 Å². The third-order valence-electron chi connectivity index (χ3n) is 3.90. The molecule has 18 heavy (non-hydrogen) atoms. The summed E-state index contributed by atoms with van der Waals surface area (Å²) >= 11 is 0. The summed E-state index contributed by atoms with van der Waals surface area (Å²) in [6.45, 7) is 12.0. The molecule has 1 aliphatic heterocycles. The van der Waals surface area contributed by atoms with E-state index >= 15 is 0 Å². The zero-order chi connectivity index (χ0) is 13.0. The van der Waals surface area contributed by atoms with Gasteiger partial charge in [-0.3, -0.25) is 9.58 Å². The molecule has 1 aliphatic rings. The largest absolute Gasteiger partial charge is 0.315 e. The molecule has 0 amide bonds. The van der Waals surface area contributed by atoms with E-state index in [0.717, 1.165) is 39.1 Å². The number of hydrogen-bond acceptors (Lipinski definition) is 3. The topological polar surface area (TPSA) is 33.1 Å². The van der Waals surface area contributed by atoms with Gasteiger partial charge >= 0.3 is 0 Å². The van der Waals surface area contributed by atoms with Crippen molar-refractivity contribution in [2.24, 2.45) is 0 Å². The van der Waals surface area contributed by atoms with Crippen molar-refractivity contribution in [3.05, 3.63) is 17.5 Å². The third kappa shape index (κ3) is 2.93. The minimum Gasteiger partial charge on any atom is -0.315 e. The molecule has 2 heterocycles. The number of aromatic nitrogens is 2. The van der Waals surface area contributed by atoms with Crippen LogP contribution in [0.4, 0.5) is 0 Å². The highest BCUT2D eigenvalue weighted by molar-refractivity contribution is 5.10. The molecule has 1 atom stereocenters. The van der Waals surface area contributed by atoms with Crippen LogP contribution < -0.4 is 5.32 Å². The van der Waals surface area contributed by atoms with E-state index in [2.05, 4.69) is 46.8 Å². The zero-order valence-electron chi connectivity index (χ0n) is 11.9. The number of hydrogen-bond donors (Lipinski definition) is 1. The van der Waals surface area contributed by atoms with Gasteiger partial charge in [-0.2, -0.15) is 5.10 Å². The summed E-state index contributed by atoms with van der Waals surface area (Å²) in [5.74, 6) is 0. The van der Waals surface area contributed by atoms with Crippen LogP contribution in [0.25, 0.3) is 0 Å². The Morgan fingerprint density at radius 2 is 2.28 bits per heavy atom. The number of likely N-dealkylation sites (N-methyl/N-ethyl adjacent to an activating group) is 1. The van der Waals surface area contributed by atoms with Gasteiger partial charge in [0, 0.05) is 25.7 Å². The van der Waals surface area contributed by atoms with Crippen molar-refractivity contribution in [3.8, 4) is 0 Å². The van der Waals surface area contributed by atoms with Crippen LogP contribution >= 0.6 is 0 Å². The van der Waals surface area contributed by atoms with E-state index in [1.807, 2.05) is 0 Å². The van der Waals surface area contributed by atoms with Gasteiger partial charge in [-0.05, 0) is 38.9 Å². The van der Waals surface area contributed by atoms with E-state index in [1.54, 1.807) is 0 Å². The molecule has 0 radical (unpaired) electrons. The average molecular weight is 250 g/mol. The monoisotopic (exact) mass is 250 g/mol. The molecular weight excluding hydrogens is 224 g/mol. The highest BCUT2D eigenvalue weighted by Crippen LogP contribution is 2.14. The van der Waals surface area contributed by atoms with Gasteiger partial charge in [0.15, 0.2) is 0 Å². The second-order valence-corrected chi connectivity index (χ2v) is 5.01. The molecule has 0 spiro atoms. The smallest absolute Gasteiger partial charge is 0.0625 e. The van der Waals surface area contributed by atoms with Gasteiger partial charge in [0.05, 0.1) is 11.4 Å². The molecule has 1 saturated heterocycles. The molecule has 1 N–H and O–H groups in total. The summed E-state index contributed by atoms with van der Waals surface area (Å²) in [6, 6.07) is 2.97. The predicted octanol–water partition coefficient (Wildman–Crippen LogP) is 1.65. The van der Waals surface area contributed by atoms with Crippen LogP contribution in [0.3, 0.4) is 0 Å². The Balaban J connectivity index is 2.07. The fraction of sp³-hybridized carbons (Fsp3) is 0.786. The Hall–Kier alpha value is -0.870. The van der Waals surface area contributed by atoms with Crippen molar-refractivity contribution >= 4 is 0 Å². The lowest BCUT2D eigenvalue weighted by Gasteiger charge is -2.26. The van der Waals surface area contributed by atoms with Crippen molar-refractivity contribution in [2.45, 2.75) is 52.7 Å². The fourth-order valence-electron chi connectivity index (χ4n) is 2.75. The van der Waals surface area contributed by atoms with Crippen molar-refractivity contribution in [1.82, 2.24) is 20.0 Å². The van der Waals surface area contributed by atoms with Gasteiger partial charge in [0.25, 0.3) is 0 Å². The van der Waals surface area contributed by atoms with Gasteiger partial charge in [-0.25, -0.2) is 0 Å². The molecule has 1 fully saturated rings. The summed E-state index contributed by atoms with van der Waals surface area (Å²) in [5, 5.41) is 8.09. The van der Waals surface area contributed by atoms with Gasteiger partial charge < -0.3 is 5.32 Å². The van der Waals surface area contributed by atoms with Crippen LogP contribution in [0.5, 0.6) is 0 Å². The van der Waals surface area contributed by atoms with E-state index in [9.17, 15) is 0 Å². The Labute approximate surface area is 110 Å². The first kappa shape index (κ1) is 13.6. The summed E-state index contributed by atoms with van der Waals surface area (Å²) in [5.41, 5.74) is 2.58. The van der Waals surface area contributed by atoms with Crippen molar-refractivity contribution < 1.29 is 0 Å². The first-order valence-corrected chi connectivity index (χ1v) is 7.28. The van der Waals surface area contributed by atoms with Crippen LogP contribution in [0, 0.1) is 0 Å². The Morgan fingerprint density at radius 1 is 1.44 bits per heavy atom. The van der Waals surface area contributed by atoms with E-state index in [0.29, 0.717) is 6.04 Å². The van der Waals surface area contributed by atoms with Crippen LogP contribution in [0.1, 0.15) is 38.6 Å². The van der Waals surface area contributed by atoms with Gasteiger partial charge in [-0.1, -0.05) is 13.8 Å². The maximum absolute atomic E-state index is 4.64. The summed E-state index contributed by atoms with van der Waals surface area (Å²) in [6.07, 6.45) is 2.30. The minimum atomic E-state index is 0.695. The SMILES string of the molecule is CCc1cc(CN(CC)C2CCNC2)n(CC)n1. The second-order valence-electron chi connectivity index (χ2n) is 5.01. The molecule has 1 unspecified atom stereocenters. The maximum atomic E-state index is 4.64. The molecule has 4 heteroatoms. The van der Waals surface area contributed by atoms with Crippen molar-refractivity contribution in [1.29, 1.82) is 0 Å². The standard InChI is InChI=1S/C14H26N4/c1-4-12-9-14(18(6-3)16-12)11-17(5-2)13-7-8-15-10-13/h9,13,15H,4-8,10-11H2,1-3H3. The molecule has 2 rings (SSSR count). The first-order valence-electron chi connectivity index (χ1n) is 7.28. The lowest BCUT2D eigenvalue weighted by Crippen LogP contribution is -2.36. The highest BCUT2D eigenvalue weighted by atomic mass is 15.3. The number of rotatable bonds is 6. The van der Waals surface area contributed by atoms with Crippen LogP contribution in [0.15, 0.2) is 6.07 Å². The van der Waals surface area contributed by atoms with Gasteiger partial charge in [-0.15, -0.1) is 0 Å². The minimum absolute atomic E-state index is 0.695. The lowest BCUT2D eigenvalue weighted by atomic mass is 10.2. The van der Waals surface area contributed by atoms with E-state index in [1.165, 1.54) is 17.8 Å². The normalized spacial score (nSPS) is 19.9. The quantitative estimate of drug-likeness (QED) is 0.833. The first-order chi connectivity index (χ1) is 8.78. The molecule has 102 valence electrons. The van der Waals surface area contributed by atoms with Crippen molar-refractivity contribution in [3.63, 3.8) is 0 Å². The lowest BCUT2D eigenvalue weighted by molar-refractivity contribution is 0.204. The molecule has 1 aromatic heterocycles. The van der Waals surface area contributed by atoms with Crippen LogP contribution in [-0.2, 0) is 19.5 Å². The molecule has 0 aromatic carbocycles. The van der Waals surface area contributed by atoms with E-state index in [4.69, 9.17) is 0 Å². The van der Waals surface area contributed by atoms with Crippen LogP contribution in [-0.4, -0.2) is 40.4 Å². The zero-order valence-corrected chi connectivity index (χ0v) is 11.9. The van der Waals surface area contributed by atoms with Gasteiger partial charge in [0.1, 0.15) is 0 Å². The number of aryl methyl sites for hydroxylation is 2. The summed E-state index contributed by atoms with van der Waals surface area (Å²) in [4.78, 5) is 2.57. The molecule has 0 aliphatic carbocycles. The van der Waals surface area contributed by atoms with E-state index in [-0.39, 0.29) is 0 Å². The maximum Gasteiger partial charge on any atom is 0.0625 e. The molecule has 0 saturated carbocycles. The Morgan fingerprint density at radius 3 is 2.83 bits per heavy atom. The molecule has 1 aromatic rings. The highest BCUT2D eigenvalue weighted by Gasteiger charge is 2.22. The average Bonchev–Trinajstić information content (AvgIpc) is 3.04. The summed E-state index contributed by atoms with van der Waals surface area (Å²) < 4.78 is 2.16. The molecule has 0 bridgehead atoms. The number of nitrogens with zero attached hydrogens (tertiary/aromatic N) is 3. The summed E-state index contributed by atoms with van der Waals surface area (Å²) in [7, 11) is 0. The van der Waals surface area contributed by atoms with Crippen molar-refractivity contribution in [2.75, 3.05) is 19.6 Å². The Kier molecular flexibility index (Phi) is 4.78. The fourth-order valence-corrected chi connectivity index (χ4v) is 2.75. The van der Waals surface area contributed by atoms with Gasteiger partial charge in [0.2, 0.25) is 0 Å². The third-order valence-corrected chi connectivity index (χ3v) is 3.90. The second kappa shape index (κ2) is 6.34.